The Kier molecular flexibility index (Phi) is 7.96. The summed E-state index contributed by atoms with van der Waals surface area (Å²) in [4.78, 5) is 0. The molecule has 0 aromatic heterocycles. The summed E-state index contributed by atoms with van der Waals surface area (Å²) >= 11 is 0. The van der Waals surface area contributed by atoms with Crippen LogP contribution in [0.2, 0.25) is 0 Å². The maximum absolute atomic E-state index is 14.6. The molecule has 0 N–H and O–H groups in total. The van der Waals surface area contributed by atoms with E-state index in [1.807, 2.05) is 6.92 Å². The van der Waals surface area contributed by atoms with E-state index in [1.165, 1.54) is 43.2 Å². The van der Waals surface area contributed by atoms with E-state index in [9.17, 15) is 8.78 Å². The second-order valence-electron chi connectivity index (χ2n) is 9.53. The summed E-state index contributed by atoms with van der Waals surface area (Å²) in [5, 5.41) is 0. The van der Waals surface area contributed by atoms with Gasteiger partial charge in [-0.05, 0) is 67.1 Å². The summed E-state index contributed by atoms with van der Waals surface area (Å²) in [5.74, 6) is 0.0695. The van der Waals surface area contributed by atoms with Crippen LogP contribution in [0.3, 0.4) is 0 Å². The Morgan fingerprint density at radius 3 is 2.00 bits per heavy atom. The molecule has 174 valence electrons. The summed E-state index contributed by atoms with van der Waals surface area (Å²) in [6.45, 7) is 5.20. The minimum absolute atomic E-state index is 0.105. The molecule has 2 nitrogen and oxygen atoms in total. The highest BCUT2D eigenvalue weighted by Gasteiger charge is 2.29. The molecule has 2 aromatic carbocycles. The Morgan fingerprint density at radius 2 is 1.41 bits per heavy atom. The van der Waals surface area contributed by atoms with E-state index in [-0.39, 0.29) is 11.5 Å². The van der Waals surface area contributed by atoms with Gasteiger partial charge >= 0.3 is 0 Å². The molecule has 0 spiro atoms. The number of rotatable bonds is 7. The number of hydrogen-bond donors (Lipinski definition) is 0. The molecule has 1 aliphatic heterocycles. The van der Waals surface area contributed by atoms with Gasteiger partial charge in [0.15, 0.2) is 17.9 Å². The number of halogens is 2. The monoisotopic (exact) mass is 442 g/mol. The van der Waals surface area contributed by atoms with Crippen molar-refractivity contribution in [3.63, 3.8) is 0 Å². The molecule has 4 rings (SSSR count). The third-order valence-electron chi connectivity index (χ3n) is 7.45. The molecule has 2 aliphatic rings. The van der Waals surface area contributed by atoms with Crippen LogP contribution in [0.5, 0.6) is 0 Å². The van der Waals surface area contributed by atoms with Crippen molar-refractivity contribution in [1.29, 1.82) is 0 Å². The van der Waals surface area contributed by atoms with Crippen molar-refractivity contribution in [3.05, 3.63) is 70.3 Å². The number of unbranched alkanes of at least 4 members (excludes halogenated alkanes) is 1. The Morgan fingerprint density at radius 1 is 0.781 bits per heavy atom. The molecule has 1 saturated heterocycles. The zero-order valence-corrected chi connectivity index (χ0v) is 19.4. The predicted octanol–water partition coefficient (Wildman–Crippen LogP) is 7.82. The molecule has 1 saturated carbocycles. The highest BCUT2D eigenvalue weighted by atomic mass is 19.2. The molecule has 32 heavy (non-hydrogen) atoms. The van der Waals surface area contributed by atoms with Crippen LogP contribution in [0, 0.1) is 17.6 Å². The first-order valence-corrected chi connectivity index (χ1v) is 12.4. The second kappa shape index (κ2) is 10.9. The van der Waals surface area contributed by atoms with E-state index in [2.05, 4.69) is 31.2 Å². The topological polar surface area (TPSA) is 18.5 Å². The molecule has 1 aliphatic carbocycles. The molecular weight excluding hydrogens is 406 g/mol. The van der Waals surface area contributed by atoms with Crippen molar-refractivity contribution in [2.45, 2.75) is 83.3 Å². The van der Waals surface area contributed by atoms with Gasteiger partial charge in [-0.2, -0.15) is 0 Å². The van der Waals surface area contributed by atoms with Crippen LogP contribution >= 0.6 is 0 Å². The number of hydrogen-bond acceptors (Lipinski definition) is 2. The third-order valence-corrected chi connectivity index (χ3v) is 7.45. The summed E-state index contributed by atoms with van der Waals surface area (Å²) < 4.78 is 40.7. The van der Waals surface area contributed by atoms with Crippen molar-refractivity contribution in [2.24, 2.45) is 5.92 Å². The van der Waals surface area contributed by atoms with E-state index in [0.717, 1.165) is 18.8 Å². The second-order valence-corrected chi connectivity index (χ2v) is 9.53. The number of ether oxygens (including phenoxy) is 2. The molecule has 2 aromatic rings. The molecule has 0 atom stereocenters. The molecule has 0 radical (unpaired) electrons. The van der Waals surface area contributed by atoms with Crippen LogP contribution in [-0.4, -0.2) is 13.2 Å². The lowest BCUT2D eigenvalue weighted by molar-refractivity contribution is -0.193. The highest BCUT2D eigenvalue weighted by Crippen LogP contribution is 2.38. The molecule has 1 heterocycles. The quantitative estimate of drug-likeness (QED) is 0.435. The maximum Gasteiger partial charge on any atom is 0.186 e. The van der Waals surface area contributed by atoms with Gasteiger partial charge in [0.1, 0.15) is 0 Å². The van der Waals surface area contributed by atoms with Crippen LogP contribution in [0.4, 0.5) is 8.78 Å². The molecule has 4 heteroatoms. The summed E-state index contributed by atoms with van der Waals surface area (Å²) in [6.07, 6.45) is 8.03. The fraction of sp³-hybridized carbons (Fsp3) is 0.571. The van der Waals surface area contributed by atoms with Crippen molar-refractivity contribution < 1.29 is 18.3 Å². The first-order valence-electron chi connectivity index (χ1n) is 12.4. The van der Waals surface area contributed by atoms with Gasteiger partial charge in [-0.3, -0.25) is 0 Å². The van der Waals surface area contributed by atoms with Gasteiger partial charge in [0.2, 0.25) is 0 Å². The fourth-order valence-electron chi connectivity index (χ4n) is 5.17. The molecule has 0 amide bonds. The van der Waals surface area contributed by atoms with Gasteiger partial charge in [-0.25, -0.2) is 8.78 Å². The Hall–Kier alpha value is -1.78. The van der Waals surface area contributed by atoms with Gasteiger partial charge in [0, 0.05) is 11.5 Å². The molecule has 0 bridgehead atoms. The SMILES string of the molecule is CCCCc1ccc(C2OCC(c3ccc(C4CCC(CC)CC4)cc3)CO2)c(F)c1F. The normalized spacial score (nSPS) is 26.2. The minimum Gasteiger partial charge on any atom is -0.348 e. The largest absolute Gasteiger partial charge is 0.348 e. The minimum atomic E-state index is -0.853. The predicted molar refractivity (Wildman–Crippen MR) is 124 cm³/mol. The average molecular weight is 443 g/mol. The average Bonchev–Trinajstić information content (AvgIpc) is 2.85. The first-order chi connectivity index (χ1) is 15.6. The zero-order chi connectivity index (χ0) is 22.5. The lowest BCUT2D eigenvalue weighted by atomic mass is 9.77. The molecule has 2 fully saturated rings. The van der Waals surface area contributed by atoms with Gasteiger partial charge in [0.05, 0.1) is 13.2 Å². The Balaban J connectivity index is 1.34. The maximum atomic E-state index is 14.6. The van der Waals surface area contributed by atoms with Crippen LogP contribution in [-0.2, 0) is 15.9 Å². The lowest BCUT2D eigenvalue weighted by Gasteiger charge is -2.31. The van der Waals surface area contributed by atoms with Gasteiger partial charge in [-0.1, -0.05) is 63.1 Å². The molecule has 0 unspecified atom stereocenters. The van der Waals surface area contributed by atoms with Gasteiger partial charge < -0.3 is 9.47 Å². The van der Waals surface area contributed by atoms with Crippen LogP contribution in [0.25, 0.3) is 0 Å². The van der Waals surface area contributed by atoms with E-state index in [0.29, 0.717) is 31.1 Å². The number of benzene rings is 2. The smallest absolute Gasteiger partial charge is 0.186 e. The highest BCUT2D eigenvalue weighted by molar-refractivity contribution is 5.30. The van der Waals surface area contributed by atoms with E-state index >= 15 is 0 Å². The lowest BCUT2D eigenvalue weighted by Crippen LogP contribution is -2.26. The van der Waals surface area contributed by atoms with E-state index < -0.39 is 17.9 Å². The van der Waals surface area contributed by atoms with Crippen LogP contribution < -0.4 is 0 Å². The Labute approximate surface area is 191 Å². The summed E-state index contributed by atoms with van der Waals surface area (Å²) in [6, 6.07) is 12.1. The van der Waals surface area contributed by atoms with Crippen molar-refractivity contribution >= 4 is 0 Å². The van der Waals surface area contributed by atoms with Crippen molar-refractivity contribution in [3.8, 4) is 0 Å². The zero-order valence-electron chi connectivity index (χ0n) is 19.4. The van der Waals surface area contributed by atoms with Crippen molar-refractivity contribution in [1.82, 2.24) is 0 Å². The van der Waals surface area contributed by atoms with Crippen LogP contribution in [0.1, 0.15) is 99.2 Å². The van der Waals surface area contributed by atoms with Crippen molar-refractivity contribution in [2.75, 3.05) is 13.2 Å². The standard InChI is InChI=1S/C28H36F2O2/c1-3-5-6-23-15-16-25(27(30)26(23)29)28-31-17-24(18-32-28)22-13-11-21(12-14-22)20-9-7-19(4-2)8-10-20/h11-16,19-20,24,28H,3-10,17-18H2,1-2H3. The summed E-state index contributed by atoms with van der Waals surface area (Å²) in [7, 11) is 0. The molecular formula is C28H36F2O2. The van der Waals surface area contributed by atoms with E-state index in [1.54, 1.807) is 12.1 Å². The Bertz CT molecular complexity index is 864. The fourth-order valence-corrected chi connectivity index (χ4v) is 5.17. The first kappa shape index (κ1) is 23.4. The van der Waals surface area contributed by atoms with Crippen LogP contribution in [0.15, 0.2) is 36.4 Å². The third kappa shape index (κ3) is 5.23. The van der Waals surface area contributed by atoms with E-state index in [4.69, 9.17) is 9.47 Å². The van der Waals surface area contributed by atoms with Gasteiger partial charge in [0.25, 0.3) is 0 Å². The number of aryl methyl sites for hydroxylation is 1. The summed E-state index contributed by atoms with van der Waals surface area (Å²) in [5.41, 5.74) is 3.18. The van der Waals surface area contributed by atoms with Gasteiger partial charge in [-0.15, -0.1) is 0 Å².